The number of ether oxygens (including phenoxy) is 1. The minimum atomic E-state index is -0.476. The largest absolute Gasteiger partial charge is 0.491 e. The van der Waals surface area contributed by atoms with E-state index in [-0.39, 0.29) is 6.10 Å². The normalized spacial score (nSPS) is 14.0. The molecule has 112 valence electrons. The molecule has 2 nitrogen and oxygen atoms in total. The molecular formula is C19H24O2. The first-order chi connectivity index (χ1) is 10.1. The van der Waals surface area contributed by atoms with Crippen LogP contribution in [0.25, 0.3) is 0 Å². The molecule has 21 heavy (non-hydrogen) atoms. The van der Waals surface area contributed by atoms with Crippen LogP contribution in [0.3, 0.4) is 0 Å². The van der Waals surface area contributed by atoms with Gasteiger partial charge in [-0.15, -0.1) is 0 Å². The Kier molecular flexibility index (Phi) is 5.40. The van der Waals surface area contributed by atoms with Crippen LogP contribution in [0.5, 0.6) is 5.75 Å². The third kappa shape index (κ3) is 4.61. The average molecular weight is 284 g/mol. The van der Waals surface area contributed by atoms with Gasteiger partial charge in [-0.05, 0) is 49.4 Å². The van der Waals surface area contributed by atoms with E-state index in [4.69, 9.17) is 4.74 Å². The minimum absolute atomic E-state index is 0.139. The summed E-state index contributed by atoms with van der Waals surface area (Å²) in [5.41, 5.74) is 2.17. The number of rotatable bonds is 6. The Morgan fingerprint density at radius 1 is 0.905 bits per heavy atom. The molecule has 2 aromatic carbocycles. The molecule has 2 heteroatoms. The van der Waals surface area contributed by atoms with Gasteiger partial charge in [0, 0.05) is 0 Å². The van der Waals surface area contributed by atoms with Gasteiger partial charge in [0.15, 0.2) is 0 Å². The maximum atomic E-state index is 10.5. The minimum Gasteiger partial charge on any atom is -0.491 e. The predicted molar refractivity (Wildman–Crippen MR) is 86.6 cm³/mol. The highest BCUT2D eigenvalue weighted by Gasteiger charge is 2.14. The highest BCUT2D eigenvalue weighted by atomic mass is 16.5. The fraction of sp³-hybridized carbons (Fsp3) is 0.368. The molecule has 2 atom stereocenters. The molecule has 0 amide bonds. The van der Waals surface area contributed by atoms with Crippen LogP contribution >= 0.6 is 0 Å². The quantitative estimate of drug-likeness (QED) is 0.833. The van der Waals surface area contributed by atoms with E-state index in [0.717, 1.165) is 11.3 Å². The van der Waals surface area contributed by atoms with Crippen LogP contribution in [0, 0.1) is 0 Å². The van der Waals surface area contributed by atoms with Crippen molar-refractivity contribution in [1.29, 1.82) is 0 Å². The molecular weight excluding hydrogens is 260 g/mol. The van der Waals surface area contributed by atoms with E-state index in [1.54, 1.807) is 0 Å². The van der Waals surface area contributed by atoms with Crippen molar-refractivity contribution in [3.8, 4) is 5.75 Å². The standard InChI is InChI=1S/C19H24O2/c1-14(2)21-18-11-7-10-17(13-18)19(20)12-15(3)16-8-5-4-6-9-16/h4-11,13-15,19-20H,12H2,1-3H3. The van der Waals surface area contributed by atoms with Gasteiger partial charge in [-0.1, -0.05) is 49.4 Å². The van der Waals surface area contributed by atoms with Crippen molar-refractivity contribution in [3.05, 3.63) is 65.7 Å². The van der Waals surface area contributed by atoms with Crippen LogP contribution in [0.4, 0.5) is 0 Å². The molecule has 2 aromatic rings. The summed E-state index contributed by atoms with van der Waals surface area (Å²) in [5.74, 6) is 1.13. The summed E-state index contributed by atoms with van der Waals surface area (Å²) in [6, 6.07) is 18.0. The number of benzene rings is 2. The smallest absolute Gasteiger partial charge is 0.120 e. The summed E-state index contributed by atoms with van der Waals surface area (Å²) < 4.78 is 5.68. The van der Waals surface area contributed by atoms with Gasteiger partial charge in [0.25, 0.3) is 0 Å². The molecule has 0 spiro atoms. The molecule has 0 aliphatic heterocycles. The van der Waals surface area contributed by atoms with Gasteiger partial charge in [0.05, 0.1) is 12.2 Å². The summed E-state index contributed by atoms with van der Waals surface area (Å²) in [6.07, 6.45) is 0.367. The van der Waals surface area contributed by atoms with Gasteiger partial charge in [0.2, 0.25) is 0 Å². The molecule has 1 N–H and O–H groups in total. The van der Waals surface area contributed by atoms with E-state index in [2.05, 4.69) is 19.1 Å². The Hall–Kier alpha value is -1.80. The second-order valence-corrected chi connectivity index (χ2v) is 5.80. The second kappa shape index (κ2) is 7.28. The van der Waals surface area contributed by atoms with Crippen molar-refractivity contribution in [3.63, 3.8) is 0 Å². The number of hydrogen-bond donors (Lipinski definition) is 1. The Bertz CT molecular complexity index is 549. The zero-order chi connectivity index (χ0) is 15.2. The zero-order valence-corrected chi connectivity index (χ0v) is 13.0. The molecule has 0 aromatic heterocycles. The lowest BCUT2D eigenvalue weighted by Crippen LogP contribution is -2.07. The van der Waals surface area contributed by atoms with E-state index < -0.39 is 6.10 Å². The summed E-state index contributed by atoms with van der Waals surface area (Å²) in [4.78, 5) is 0. The lowest BCUT2D eigenvalue weighted by atomic mass is 9.92. The maximum Gasteiger partial charge on any atom is 0.120 e. The average Bonchev–Trinajstić information content (AvgIpc) is 2.47. The van der Waals surface area contributed by atoms with Gasteiger partial charge in [-0.2, -0.15) is 0 Å². The van der Waals surface area contributed by atoms with Crippen molar-refractivity contribution >= 4 is 0 Å². The van der Waals surface area contributed by atoms with Crippen LogP contribution in [0.1, 0.15) is 50.3 Å². The van der Waals surface area contributed by atoms with Gasteiger partial charge < -0.3 is 9.84 Å². The van der Waals surface area contributed by atoms with Crippen LogP contribution in [0.2, 0.25) is 0 Å². The Labute approximate surface area is 127 Å². The SMILES string of the molecule is CC(C)Oc1cccc(C(O)CC(C)c2ccccc2)c1. The van der Waals surface area contributed by atoms with Crippen molar-refractivity contribution in [2.24, 2.45) is 0 Å². The van der Waals surface area contributed by atoms with Crippen molar-refractivity contribution in [2.75, 3.05) is 0 Å². The summed E-state index contributed by atoms with van der Waals surface area (Å²) in [5, 5.41) is 10.5. The van der Waals surface area contributed by atoms with Crippen LogP contribution < -0.4 is 4.74 Å². The van der Waals surface area contributed by atoms with Gasteiger partial charge in [0.1, 0.15) is 5.75 Å². The molecule has 0 bridgehead atoms. The van der Waals surface area contributed by atoms with E-state index in [0.29, 0.717) is 12.3 Å². The number of aliphatic hydroxyl groups is 1. The zero-order valence-electron chi connectivity index (χ0n) is 13.0. The molecule has 0 heterocycles. The fourth-order valence-corrected chi connectivity index (χ4v) is 2.46. The highest BCUT2D eigenvalue weighted by molar-refractivity contribution is 5.30. The molecule has 0 saturated heterocycles. The molecule has 0 fully saturated rings. The van der Waals surface area contributed by atoms with Crippen LogP contribution in [-0.4, -0.2) is 11.2 Å². The highest BCUT2D eigenvalue weighted by Crippen LogP contribution is 2.29. The lowest BCUT2D eigenvalue weighted by Gasteiger charge is -2.18. The molecule has 0 aliphatic carbocycles. The van der Waals surface area contributed by atoms with Crippen molar-refractivity contribution in [1.82, 2.24) is 0 Å². The molecule has 2 rings (SSSR count). The Morgan fingerprint density at radius 3 is 2.24 bits per heavy atom. The molecule has 2 unspecified atom stereocenters. The summed E-state index contributed by atoms with van der Waals surface area (Å²) in [7, 11) is 0. The first-order valence-corrected chi connectivity index (χ1v) is 7.56. The lowest BCUT2D eigenvalue weighted by molar-refractivity contribution is 0.158. The number of aliphatic hydroxyl groups excluding tert-OH is 1. The molecule has 0 radical (unpaired) electrons. The second-order valence-electron chi connectivity index (χ2n) is 5.80. The van der Waals surface area contributed by atoms with Gasteiger partial charge in [-0.3, -0.25) is 0 Å². The molecule has 0 saturated carbocycles. The molecule has 0 aliphatic rings. The first-order valence-electron chi connectivity index (χ1n) is 7.56. The number of hydrogen-bond acceptors (Lipinski definition) is 2. The third-order valence-electron chi connectivity index (χ3n) is 3.56. The monoisotopic (exact) mass is 284 g/mol. The topological polar surface area (TPSA) is 29.5 Å². The van der Waals surface area contributed by atoms with Crippen LogP contribution in [-0.2, 0) is 0 Å². The van der Waals surface area contributed by atoms with Crippen molar-refractivity contribution in [2.45, 2.75) is 45.3 Å². The Morgan fingerprint density at radius 2 is 1.57 bits per heavy atom. The van der Waals surface area contributed by atoms with Gasteiger partial charge in [-0.25, -0.2) is 0 Å². The predicted octanol–water partition coefficient (Wildman–Crippen LogP) is 4.70. The third-order valence-corrected chi connectivity index (χ3v) is 3.56. The fourth-order valence-electron chi connectivity index (χ4n) is 2.46. The van der Waals surface area contributed by atoms with E-state index in [1.807, 2.05) is 56.3 Å². The summed E-state index contributed by atoms with van der Waals surface area (Å²) >= 11 is 0. The summed E-state index contributed by atoms with van der Waals surface area (Å²) in [6.45, 7) is 6.15. The maximum absolute atomic E-state index is 10.5. The van der Waals surface area contributed by atoms with E-state index in [1.165, 1.54) is 5.56 Å². The van der Waals surface area contributed by atoms with Crippen LogP contribution in [0.15, 0.2) is 54.6 Å². The van der Waals surface area contributed by atoms with Crippen molar-refractivity contribution < 1.29 is 9.84 Å². The van der Waals surface area contributed by atoms with E-state index in [9.17, 15) is 5.11 Å². The Balaban J connectivity index is 2.04. The van der Waals surface area contributed by atoms with E-state index >= 15 is 0 Å². The first kappa shape index (κ1) is 15.6. The van der Waals surface area contributed by atoms with Gasteiger partial charge >= 0.3 is 0 Å².